The average Bonchev–Trinajstić information content (AvgIpc) is 2.78. The first-order valence-corrected chi connectivity index (χ1v) is 11.1. The van der Waals surface area contributed by atoms with Crippen LogP contribution in [0.25, 0.3) is 0 Å². The summed E-state index contributed by atoms with van der Waals surface area (Å²) in [5.74, 6) is -0.343. The summed E-state index contributed by atoms with van der Waals surface area (Å²) in [6.45, 7) is 1.93. The number of nitro benzene ring substituents is 1. The van der Waals surface area contributed by atoms with Gasteiger partial charge in [-0.15, -0.1) is 0 Å². The fraction of sp³-hybridized carbons (Fsp3) is 0.611. The Morgan fingerprint density at radius 1 is 1.23 bits per heavy atom. The molecule has 0 atom stereocenters. The van der Waals surface area contributed by atoms with Crippen LogP contribution >= 0.6 is 0 Å². The molecule has 30 heavy (non-hydrogen) atoms. The minimum absolute atomic E-state index is 0.105. The van der Waals surface area contributed by atoms with Crippen molar-refractivity contribution in [3.05, 3.63) is 28.3 Å². The second kappa shape index (κ2) is 9.25. The van der Waals surface area contributed by atoms with Crippen LogP contribution in [0.3, 0.4) is 0 Å². The van der Waals surface area contributed by atoms with E-state index < -0.39 is 14.9 Å². The standard InChI is InChI=1S/C18H26N4O7S/c1-19(28-2)18(23)14-5-7-20(8-6-14)16-4-3-15(13-17(16)22(24)25)30(26,27)21-9-11-29-12-10-21/h3-4,13-14H,5-12H2,1-2H3. The van der Waals surface area contributed by atoms with Gasteiger partial charge in [-0.3, -0.25) is 19.7 Å². The number of hydrogen-bond acceptors (Lipinski definition) is 8. The number of anilines is 1. The maximum atomic E-state index is 12.8. The van der Waals surface area contributed by atoms with Crippen molar-refractivity contribution in [1.82, 2.24) is 9.37 Å². The summed E-state index contributed by atoms with van der Waals surface area (Å²) >= 11 is 0. The molecule has 0 radical (unpaired) electrons. The van der Waals surface area contributed by atoms with E-state index in [4.69, 9.17) is 9.57 Å². The Morgan fingerprint density at radius 3 is 2.43 bits per heavy atom. The lowest BCUT2D eigenvalue weighted by Gasteiger charge is -2.33. The van der Waals surface area contributed by atoms with E-state index in [9.17, 15) is 23.3 Å². The number of nitrogens with zero attached hydrogens (tertiary/aromatic N) is 4. The summed E-state index contributed by atoms with van der Waals surface area (Å²) in [4.78, 5) is 30.0. The van der Waals surface area contributed by atoms with E-state index in [1.807, 2.05) is 4.90 Å². The molecule has 2 heterocycles. The van der Waals surface area contributed by atoms with Gasteiger partial charge in [-0.25, -0.2) is 13.5 Å². The van der Waals surface area contributed by atoms with Gasteiger partial charge < -0.3 is 9.64 Å². The number of rotatable bonds is 6. The molecule has 166 valence electrons. The Morgan fingerprint density at radius 2 is 1.87 bits per heavy atom. The maximum absolute atomic E-state index is 12.8. The molecule has 2 aliphatic heterocycles. The molecule has 1 amide bonds. The van der Waals surface area contributed by atoms with Gasteiger partial charge in [0.05, 0.1) is 30.1 Å². The molecule has 0 saturated carbocycles. The van der Waals surface area contributed by atoms with E-state index in [0.717, 1.165) is 6.07 Å². The third-order valence-electron chi connectivity index (χ3n) is 5.52. The summed E-state index contributed by atoms with van der Waals surface area (Å²) in [5.41, 5.74) is 0.0926. The van der Waals surface area contributed by atoms with E-state index in [2.05, 4.69) is 0 Å². The summed E-state index contributed by atoms with van der Waals surface area (Å²) in [7, 11) is -0.863. The van der Waals surface area contributed by atoms with E-state index in [1.54, 1.807) is 7.05 Å². The minimum Gasteiger partial charge on any atom is -0.379 e. The van der Waals surface area contributed by atoms with Crippen LogP contribution in [0.5, 0.6) is 0 Å². The van der Waals surface area contributed by atoms with Crippen LogP contribution in [0.1, 0.15) is 12.8 Å². The van der Waals surface area contributed by atoms with Crippen molar-refractivity contribution in [3.8, 4) is 0 Å². The first-order chi connectivity index (χ1) is 14.3. The number of sulfonamides is 1. The molecule has 0 bridgehead atoms. The zero-order chi connectivity index (χ0) is 21.9. The fourth-order valence-corrected chi connectivity index (χ4v) is 5.16. The fourth-order valence-electron chi connectivity index (χ4n) is 3.73. The van der Waals surface area contributed by atoms with Crippen LogP contribution < -0.4 is 4.90 Å². The number of carbonyl (C=O) groups excluding carboxylic acids is 1. The lowest BCUT2D eigenvalue weighted by molar-refractivity contribution is -0.384. The lowest BCUT2D eigenvalue weighted by atomic mass is 9.95. The van der Waals surface area contributed by atoms with Crippen molar-refractivity contribution in [2.75, 3.05) is 58.5 Å². The molecule has 0 aliphatic carbocycles. The number of amides is 1. The first kappa shape index (κ1) is 22.4. The average molecular weight is 442 g/mol. The van der Waals surface area contributed by atoms with Crippen molar-refractivity contribution < 1.29 is 27.7 Å². The van der Waals surface area contributed by atoms with E-state index >= 15 is 0 Å². The van der Waals surface area contributed by atoms with E-state index in [0.29, 0.717) is 44.8 Å². The highest BCUT2D eigenvalue weighted by Gasteiger charge is 2.32. The van der Waals surface area contributed by atoms with E-state index in [1.165, 1.54) is 28.6 Å². The third-order valence-corrected chi connectivity index (χ3v) is 7.42. The van der Waals surface area contributed by atoms with Gasteiger partial charge in [0.25, 0.3) is 5.69 Å². The van der Waals surface area contributed by atoms with Crippen molar-refractivity contribution in [1.29, 1.82) is 0 Å². The number of morpholine rings is 1. The van der Waals surface area contributed by atoms with Crippen molar-refractivity contribution >= 4 is 27.3 Å². The Kier molecular flexibility index (Phi) is 6.91. The predicted molar refractivity (Wildman–Crippen MR) is 107 cm³/mol. The molecular weight excluding hydrogens is 416 g/mol. The monoisotopic (exact) mass is 442 g/mol. The second-order valence-corrected chi connectivity index (χ2v) is 9.14. The Bertz CT molecular complexity index is 894. The van der Waals surface area contributed by atoms with E-state index in [-0.39, 0.29) is 35.5 Å². The minimum atomic E-state index is -3.83. The molecule has 0 spiro atoms. The highest BCUT2D eigenvalue weighted by molar-refractivity contribution is 7.89. The molecule has 0 aromatic heterocycles. The molecule has 2 saturated heterocycles. The summed E-state index contributed by atoms with van der Waals surface area (Å²) < 4.78 is 32.1. The number of hydroxylamine groups is 2. The Labute approximate surface area is 175 Å². The molecule has 1 aromatic rings. The largest absolute Gasteiger partial charge is 0.379 e. The quantitative estimate of drug-likeness (QED) is 0.469. The number of ether oxygens (including phenoxy) is 1. The van der Waals surface area contributed by atoms with Gasteiger partial charge in [-0.1, -0.05) is 0 Å². The summed E-state index contributed by atoms with van der Waals surface area (Å²) in [5, 5.41) is 12.9. The summed E-state index contributed by atoms with van der Waals surface area (Å²) in [6.07, 6.45) is 1.05. The second-order valence-electron chi connectivity index (χ2n) is 7.20. The zero-order valence-corrected chi connectivity index (χ0v) is 17.8. The van der Waals surface area contributed by atoms with Crippen LogP contribution in [0.15, 0.2) is 23.1 Å². The van der Waals surface area contributed by atoms with Crippen molar-refractivity contribution in [2.24, 2.45) is 5.92 Å². The topological polar surface area (TPSA) is 123 Å². The van der Waals surface area contributed by atoms with Crippen molar-refractivity contribution in [2.45, 2.75) is 17.7 Å². The molecule has 1 aromatic carbocycles. The molecule has 0 unspecified atom stereocenters. The number of nitro groups is 1. The number of benzene rings is 1. The van der Waals surface area contributed by atoms with Crippen LogP contribution in [-0.4, -0.2) is 82.2 Å². The molecule has 11 nitrogen and oxygen atoms in total. The van der Waals surface area contributed by atoms with Crippen LogP contribution in [0, 0.1) is 16.0 Å². The molecule has 3 rings (SSSR count). The number of hydrogen-bond donors (Lipinski definition) is 0. The summed E-state index contributed by atoms with van der Waals surface area (Å²) in [6, 6.07) is 4.01. The van der Waals surface area contributed by atoms with Crippen LogP contribution in [-0.2, 0) is 24.4 Å². The molecule has 12 heteroatoms. The first-order valence-electron chi connectivity index (χ1n) is 9.68. The maximum Gasteiger partial charge on any atom is 0.293 e. The Hall–Kier alpha value is -2.28. The van der Waals surface area contributed by atoms with Gasteiger partial charge in [0.1, 0.15) is 5.69 Å². The number of piperidine rings is 1. The molecule has 2 fully saturated rings. The normalized spacial score (nSPS) is 18.9. The zero-order valence-electron chi connectivity index (χ0n) is 17.0. The van der Waals surface area contributed by atoms with Crippen LogP contribution in [0.2, 0.25) is 0 Å². The lowest BCUT2D eigenvalue weighted by Crippen LogP contribution is -2.41. The van der Waals surface area contributed by atoms with Gasteiger partial charge in [-0.05, 0) is 25.0 Å². The van der Waals surface area contributed by atoms with Gasteiger partial charge in [0.15, 0.2) is 0 Å². The SMILES string of the molecule is CON(C)C(=O)C1CCN(c2ccc(S(=O)(=O)N3CCOCC3)cc2[N+](=O)[O-])CC1. The van der Waals surface area contributed by atoms with Crippen LogP contribution in [0.4, 0.5) is 11.4 Å². The Balaban J connectivity index is 1.80. The third kappa shape index (κ3) is 4.56. The van der Waals surface area contributed by atoms with Gasteiger partial charge in [-0.2, -0.15) is 4.31 Å². The molecule has 2 aliphatic rings. The number of carbonyl (C=O) groups is 1. The highest BCUT2D eigenvalue weighted by Crippen LogP contribution is 2.34. The predicted octanol–water partition coefficient (Wildman–Crippen LogP) is 0.852. The smallest absolute Gasteiger partial charge is 0.293 e. The van der Waals surface area contributed by atoms with Gasteiger partial charge in [0.2, 0.25) is 15.9 Å². The van der Waals surface area contributed by atoms with Gasteiger partial charge in [0, 0.05) is 45.2 Å². The van der Waals surface area contributed by atoms with Gasteiger partial charge >= 0.3 is 0 Å². The molecular formula is C18H26N4O7S. The molecule has 0 N–H and O–H groups in total. The van der Waals surface area contributed by atoms with Crippen molar-refractivity contribution in [3.63, 3.8) is 0 Å². The highest BCUT2D eigenvalue weighted by atomic mass is 32.2.